The second-order valence-electron chi connectivity index (χ2n) is 6.27. The standard InChI is InChI=1S/C20H20ClN5O2S/c1-13(2)11-26-19(14-6-8-22-9-7-14)24-25-20(26)29-12-18(27)23-15-4-5-17(28-3)16(21)10-15/h4-10H,1,11-12H2,2-3H3,(H,23,27). The smallest absolute Gasteiger partial charge is 0.234 e. The van der Waals surface area contributed by atoms with E-state index in [-0.39, 0.29) is 11.7 Å². The fraction of sp³-hybridized carbons (Fsp3) is 0.200. The molecular formula is C20H20ClN5O2S. The van der Waals surface area contributed by atoms with Gasteiger partial charge in [0.2, 0.25) is 5.91 Å². The van der Waals surface area contributed by atoms with E-state index < -0.39 is 0 Å². The zero-order valence-electron chi connectivity index (χ0n) is 16.1. The van der Waals surface area contributed by atoms with Gasteiger partial charge >= 0.3 is 0 Å². The third-order valence-electron chi connectivity index (χ3n) is 3.85. The van der Waals surface area contributed by atoms with Crippen molar-refractivity contribution in [2.75, 3.05) is 18.2 Å². The number of thioether (sulfide) groups is 1. The summed E-state index contributed by atoms with van der Waals surface area (Å²) in [5, 5.41) is 12.4. The number of ether oxygens (including phenoxy) is 1. The number of methoxy groups -OCH3 is 1. The maximum atomic E-state index is 12.4. The SMILES string of the molecule is C=C(C)Cn1c(SCC(=O)Nc2ccc(OC)c(Cl)c2)nnc1-c1ccncc1. The van der Waals surface area contributed by atoms with Crippen molar-refractivity contribution < 1.29 is 9.53 Å². The summed E-state index contributed by atoms with van der Waals surface area (Å²) < 4.78 is 7.06. The lowest BCUT2D eigenvalue weighted by Crippen LogP contribution is -2.15. The summed E-state index contributed by atoms with van der Waals surface area (Å²) in [5.74, 6) is 1.26. The summed E-state index contributed by atoms with van der Waals surface area (Å²) >= 11 is 7.41. The van der Waals surface area contributed by atoms with Crippen LogP contribution in [0.25, 0.3) is 11.4 Å². The minimum Gasteiger partial charge on any atom is -0.495 e. The molecule has 0 unspecified atom stereocenters. The fourth-order valence-corrected chi connectivity index (χ4v) is 3.59. The average Bonchev–Trinajstić information content (AvgIpc) is 3.09. The first-order valence-corrected chi connectivity index (χ1v) is 10.1. The first kappa shape index (κ1) is 20.9. The van der Waals surface area contributed by atoms with E-state index in [2.05, 4.69) is 27.1 Å². The molecule has 2 heterocycles. The minimum absolute atomic E-state index is 0.174. The molecule has 1 aromatic carbocycles. The highest BCUT2D eigenvalue weighted by Gasteiger charge is 2.16. The number of carbonyl (C=O) groups excluding carboxylic acids is 1. The number of aromatic nitrogens is 4. The van der Waals surface area contributed by atoms with Crippen molar-refractivity contribution >= 4 is 35.0 Å². The van der Waals surface area contributed by atoms with Gasteiger partial charge in [-0.25, -0.2) is 0 Å². The van der Waals surface area contributed by atoms with Crippen LogP contribution in [0.2, 0.25) is 5.02 Å². The molecule has 0 radical (unpaired) electrons. The quantitative estimate of drug-likeness (QED) is 0.424. The Morgan fingerprint density at radius 1 is 1.28 bits per heavy atom. The highest BCUT2D eigenvalue weighted by atomic mass is 35.5. The third kappa shape index (κ3) is 5.36. The number of hydrogen-bond donors (Lipinski definition) is 1. The normalized spacial score (nSPS) is 10.6. The summed E-state index contributed by atoms with van der Waals surface area (Å²) in [7, 11) is 1.54. The van der Waals surface area contributed by atoms with Gasteiger partial charge in [-0.1, -0.05) is 35.5 Å². The van der Waals surface area contributed by atoms with Crippen LogP contribution in [-0.2, 0) is 11.3 Å². The second kappa shape index (κ2) is 9.58. The summed E-state index contributed by atoms with van der Waals surface area (Å²) in [4.78, 5) is 16.4. The van der Waals surface area contributed by atoms with E-state index >= 15 is 0 Å². The number of nitrogens with one attached hydrogen (secondary N) is 1. The van der Waals surface area contributed by atoms with Gasteiger partial charge in [0, 0.05) is 30.2 Å². The van der Waals surface area contributed by atoms with Crippen LogP contribution >= 0.6 is 23.4 Å². The van der Waals surface area contributed by atoms with Crippen molar-refractivity contribution in [2.24, 2.45) is 0 Å². The van der Waals surface area contributed by atoms with E-state index in [4.69, 9.17) is 16.3 Å². The van der Waals surface area contributed by atoms with Gasteiger partial charge in [0.1, 0.15) is 5.75 Å². The van der Waals surface area contributed by atoms with Gasteiger partial charge in [-0.05, 0) is 37.3 Å². The number of nitrogens with zero attached hydrogens (tertiary/aromatic N) is 4. The van der Waals surface area contributed by atoms with Crippen LogP contribution in [0, 0.1) is 0 Å². The summed E-state index contributed by atoms with van der Waals surface area (Å²) in [6.45, 7) is 6.47. The predicted molar refractivity (Wildman–Crippen MR) is 115 cm³/mol. The number of rotatable bonds is 8. The summed E-state index contributed by atoms with van der Waals surface area (Å²) in [6.07, 6.45) is 3.41. The molecular weight excluding hydrogens is 410 g/mol. The monoisotopic (exact) mass is 429 g/mol. The van der Waals surface area contributed by atoms with E-state index in [1.54, 1.807) is 30.6 Å². The zero-order chi connectivity index (χ0) is 20.8. The molecule has 0 bridgehead atoms. The first-order chi connectivity index (χ1) is 14.0. The number of amides is 1. The average molecular weight is 430 g/mol. The number of allylic oxidation sites excluding steroid dienone is 1. The van der Waals surface area contributed by atoms with Crippen molar-refractivity contribution in [2.45, 2.75) is 18.6 Å². The molecule has 0 fully saturated rings. The number of halogens is 1. The molecule has 3 aromatic rings. The molecule has 2 aromatic heterocycles. The van der Waals surface area contributed by atoms with Crippen molar-refractivity contribution in [3.63, 3.8) is 0 Å². The highest BCUT2D eigenvalue weighted by molar-refractivity contribution is 7.99. The molecule has 0 atom stereocenters. The minimum atomic E-state index is -0.174. The van der Waals surface area contributed by atoms with E-state index in [1.807, 2.05) is 23.6 Å². The van der Waals surface area contributed by atoms with Crippen LogP contribution in [0.4, 0.5) is 5.69 Å². The van der Waals surface area contributed by atoms with E-state index in [1.165, 1.54) is 18.9 Å². The van der Waals surface area contributed by atoms with Crippen LogP contribution in [0.3, 0.4) is 0 Å². The molecule has 7 nitrogen and oxygen atoms in total. The van der Waals surface area contributed by atoms with Gasteiger partial charge in [-0.3, -0.25) is 14.3 Å². The van der Waals surface area contributed by atoms with Gasteiger partial charge in [0.05, 0.1) is 17.9 Å². The summed E-state index contributed by atoms with van der Waals surface area (Å²) in [6, 6.07) is 8.82. The van der Waals surface area contributed by atoms with E-state index in [9.17, 15) is 4.79 Å². The van der Waals surface area contributed by atoms with Crippen molar-refractivity contribution in [1.82, 2.24) is 19.7 Å². The van der Waals surface area contributed by atoms with Crippen LogP contribution in [0.1, 0.15) is 6.92 Å². The molecule has 29 heavy (non-hydrogen) atoms. The Kier molecular flexibility index (Phi) is 6.90. The van der Waals surface area contributed by atoms with Crippen LogP contribution < -0.4 is 10.1 Å². The van der Waals surface area contributed by atoms with Gasteiger partial charge in [0.25, 0.3) is 0 Å². The molecule has 0 aliphatic heterocycles. The van der Waals surface area contributed by atoms with Crippen LogP contribution in [-0.4, -0.2) is 38.5 Å². The third-order valence-corrected chi connectivity index (χ3v) is 5.11. The van der Waals surface area contributed by atoms with Crippen molar-refractivity contribution in [3.05, 3.63) is 59.9 Å². The van der Waals surface area contributed by atoms with Crippen LogP contribution in [0.5, 0.6) is 5.75 Å². The number of benzene rings is 1. The van der Waals surface area contributed by atoms with Gasteiger partial charge in [-0.2, -0.15) is 0 Å². The molecule has 3 rings (SSSR count). The molecule has 0 aliphatic carbocycles. The molecule has 0 spiro atoms. The largest absolute Gasteiger partial charge is 0.495 e. The van der Waals surface area contributed by atoms with E-state index in [0.717, 1.165) is 11.1 Å². The molecule has 150 valence electrons. The number of pyridine rings is 1. The number of anilines is 1. The zero-order valence-corrected chi connectivity index (χ0v) is 17.6. The summed E-state index contributed by atoms with van der Waals surface area (Å²) in [5.41, 5.74) is 2.46. The number of carbonyl (C=O) groups is 1. The Bertz CT molecular complexity index is 1020. The van der Waals surface area contributed by atoms with Crippen molar-refractivity contribution in [1.29, 1.82) is 0 Å². The Balaban J connectivity index is 1.71. The van der Waals surface area contributed by atoms with Crippen LogP contribution in [0.15, 0.2) is 60.0 Å². The maximum absolute atomic E-state index is 12.4. The Morgan fingerprint density at radius 3 is 2.69 bits per heavy atom. The second-order valence-corrected chi connectivity index (χ2v) is 7.62. The fourth-order valence-electron chi connectivity index (χ4n) is 2.59. The molecule has 1 N–H and O–H groups in total. The van der Waals surface area contributed by atoms with E-state index in [0.29, 0.717) is 34.0 Å². The topological polar surface area (TPSA) is 81.9 Å². The van der Waals surface area contributed by atoms with Gasteiger partial charge in [0.15, 0.2) is 11.0 Å². The first-order valence-electron chi connectivity index (χ1n) is 8.72. The van der Waals surface area contributed by atoms with Gasteiger partial charge < -0.3 is 10.1 Å². The Labute approximate surface area is 178 Å². The lowest BCUT2D eigenvalue weighted by atomic mass is 10.2. The highest BCUT2D eigenvalue weighted by Crippen LogP contribution is 2.28. The lowest BCUT2D eigenvalue weighted by Gasteiger charge is -2.10. The Morgan fingerprint density at radius 2 is 2.03 bits per heavy atom. The molecule has 0 saturated carbocycles. The molecule has 9 heteroatoms. The maximum Gasteiger partial charge on any atom is 0.234 e. The van der Waals surface area contributed by atoms with Gasteiger partial charge in [-0.15, -0.1) is 10.2 Å². The Hall–Kier alpha value is -2.84. The number of hydrogen-bond acceptors (Lipinski definition) is 6. The molecule has 0 aliphatic rings. The lowest BCUT2D eigenvalue weighted by molar-refractivity contribution is -0.113. The molecule has 1 amide bonds. The predicted octanol–water partition coefficient (Wildman–Crippen LogP) is 4.31. The molecule has 0 saturated heterocycles. The van der Waals surface area contributed by atoms with Crippen molar-refractivity contribution in [3.8, 4) is 17.1 Å².